The topological polar surface area (TPSA) is 85.9 Å². The molecule has 3 rings (SSSR count). The summed E-state index contributed by atoms with van der Waals surface area (Å²) in [6.07, 6.45) is 10.1. The number of carbonyl (C=O) groups excluding carboxylic acids is 2. The van der Waals surface area contributed by atoms with Gasteiger partial charge >= 0.3 is 5.97 Å². The van der Waals surface area contributed by atoms with Gasteiger partial charge in [-0.25, -0.2) is 0 Å². The second kappa shape index (κ2) is 19.7. The fourth-order valence-electron chi connectivity index (χ4n) is 5.37. The first-order chi connectivity index (χ1) is 20.6. The zero-order valence-corrected chi connectivity index (χ0v) is 28.0. The number of allylic oxidation sites excluding steroid dienone is 2. The van der Waals surface area contributed by atoms with Crippen molar-refractivity contribution in [3.8, 4) is 0 Å². The van der Waals surface area contributed by atoms with E-state index in [1.807, 2.05) is 19.9 Å². The molecular weight excluding hydrogens is 540 g/mol. The number of ether oxygens (including phenoxy) is 3. The standard InChI is InChI=1S/C29H44N2O4.C7H14O/c1-8-24(14-21(6)17-32)28(20(4)5)31-26-15-23(10-9-22(26)7)16-30-27(13-19(2)3)29(33)35-25-11-12-34-18-25;1-2-7-3-5-8-6-4-7/h8-10,14-15,17,19-20,25,27-28,30-31H,11-13,16,18H2,1-7H3;7H,2-6H2,1H3/b21-14-,24-8+;. The Bertz CT molecular complexity index is 1040. The lowest BCUT2D eigenvalue weighted by atomic mass is 9.93. The van der Waals surface area contributed by atoms with Crippen molar-refractivity contribution >= 4 is 17.9 Å². The second-order valence-corrected chi connectivity index (χ2v) is 12.8. The third-order valence-corrected chi connectivity index (χ3v) is 8.19. The Balaban J connectivity index is 0.000000694. The van der Waals surface area contributed by atoms with Crippen molar-refractivity contribution in [3.05, 3.63) is 52.6 Å². The van der Waals surface area contributed by atoms with Gasteiger partial charge in [0.15, 0.2) is 0 Å². The van der Waals surface area contributed by atoms with Gasteiger partial charge in [-0.05, 0) is 86.1 Å². The summed E-state index contributed by atoms with van der Waals surface area (Å²) < 4.78 is 16.2. The largest absolute Gasteiger partial charge is 0.459 e. The minimum Gasteiger partial charge on any atom is -0.459 e. The molecule has 1 aromatic carbocycles. The Kier molecular flexibility index (Phi) is 16.8. The maximum Gasteiger partial charge on any atom is 0.323 e. The summed E-state index contributed by atoms with van der Waals surface area (Å²) in [7, 11) is 0. The molecule has 7 nitrogen and oxygen atoms in total. The minimum atomic E-state index is -0.359. The molecule has 2 aliphatic heterocycles. The number of rotatable bonds is 14. The minimum absolute atomic E-state index is 0.0640. The molecule has 0 spiro atoms. The Morgan fingerprint density at radius 3 is 2.33 bits per heavy atom. The van der Waals surface area contributed by atoms with Crippen LogP contribution in [0.5, 0.6) is 0 Å². The van der Waals surface area contributed by atoms with E-state index < -0.39 is 0 Å². The van der Waals surface area contributed by atoms with E-state index in [2.05, 4.69) is 76.5 Å². The number of esters is 1. The Morgan fingerprint density at radius 2 is 1.79 bits per heavy atom. The van der Waals surface area contributed by atoms with Gasteiger partial charge in [0.05, 0.1) is 19.3 Å². The lowest BCUT2D eigenvalue weighted by molar-refractivity contribution is -0.152. The molecule has 2 saturated heterocycles. The van der Waals surface area contributed by atoms with Gasteiger partial charge in [0.2, 0.25) is 0 Å². The molecule has 3 unspecified atom stereocenters. The van der Waals surface area contributed by atoms with Crippen LogP contribution in [-0.2, 0) is 30.3 Å². The molecule has 242 valence electrons. The molecule has 0 saturated carbocycles. The SMILES string of the molecule is C/C=C(\C=C(\C)C=O)C(Nc1cc(CNC(CC(C)C)C(=O)OC2CCOC2)ccc1C)C(C)C.CCC1CCOCC1. The second-order valence-electron chi connectivity index (χ2n) is 12.8. The summed E-state index contributed by atoms with van der Waals surface area (Å²) in [5, 5.41) is 7.13. The molecule has 0 aromatic heterocycles. The highest BCUT2D eigenvalue weighted by Crippen LogP contribution is 2.25. The summed E-state index contributed by atoms with van der Waals surface area (Å²) in [5.74, 6) is 1.45. The van der Waals surface area contributed by atoms with Gasteiger partial charge in [-0.1, -0.05) is 65.3 Å². The summed E-state index contributed by atoms with van der Waals surface area (Å²) in [6, 6.07) is 6.04. The molecule has 2 fully saturated rings. The van der Waals surface area contributed by atoms with E-state index in [4.69, 9.17) is 14.2 Å². The van der Waals surface area contributed by atoms with Gasteiger partial charge in [0.1, 0.15) is 18.4 Å². The average Bonchev–Trinajstić information content (AvgIpc) is 3.51. The fraction of sp³-hybridized carbons (Fsp3) is 0.667. The van der Waals surface area contributed by atoms with E-state index in [0.717, 1.165) is 54.2 Å². The molecule has 0 bridgehead atoms. The summed E-state index contributed by atoms with van der Waals surface area (Å²) in [6.45, 7) is 20.4. The van der Waals surface area contributed by atoms with Gasteiger partial charge in [0.25, 0.3) is 0 Å². The number of hydrogen-bond acceptors (Lipinski definition) is 7. The predicted molar refractivity (Wildman–Crippen MR) is 176 cm³/mol. The van der Waals surface area contributed by atoms with Crippen molar-refractivity contribution in [1.29, 1.82) is 0 Å². The van der Waals surface area contributed by atoms with Crippen LogP contribution in [0.25, 0.3) is 0 Å². The van der Waals surface area contributed by atoms with E-state index in [1.54, 1.807) is 0 Å². The number of hydrogen-bond donors (Lipinski definition) is 2. The van der Waals surface area contributed by atoms with Gasteiger partial charge < -0.3 is 24.8 Å². The van der Waals surface area contributed by atoms with Crippen LogP contribution in [-0.4, -0.2) is 56.9 Å². The number of benzene rings is 1. The number of aryl methyl sites for hydroxylation is 1. The van der Waals surface area contributed by atoms with Crippen molar-refractivity contribution in [3.63, 3.8) is 0 Å². The molecule has 1 aromatic rings. The van der Waals surface area contributed by atoms with Crippen LogP contribution in [0.3, 0.4) is 0 Å². The van der Waals surface area contributed by atoms with Crippen LogP contribution >= 0.6 is 0 Å². The highest BCUT2D eigenvalue weighted by atomic mass is 16.6. The maximum absolute atomic E-state index is 12.8. The molecule has 2 N–H and O–H groups in total. The van der Waals surface area contributed by atoms with Crippen LogP contribution in [0, 0.1) is 24.7 Å². The maximum atomic E-state index is 12.8. The third-order valence-electron chi connectivity index (χ3n) is 8.19. The van der Waals surface area contributed by atoms with E-state index in [0.29, 0.717) is 43.6 Å². The number of nitrogens with one attached hydrogen (secondary N) is 2. The van der Waals surface area contributed by atoms with E-state index in [1.165, 1.54) is 19.3 Å². The number of carbonyl (C=O) groups is 2. The first-order valence-electron chi connectivity index (χ1n) is 16.3. The van der Waals surface area contributed by atoms with Crippen LogP contribution in [0.1, 0.15) is 91.7 Å². The lowest BCUT2D eigenvalue weighted by Crippen LogP contribution is -2.40. The Morgan fingerprint density at radius 1 is 1.09 bits per heavy atom. The fourth-order valence-corrected chi connectivity index (χ4v) is 5.37. The molecule has 2 heterocycles. The summed E-state index contributed by atoms with van der Waals surface area (Å²) in [5.41, 5.74) is 5.07. The highest BCUT2D eigenvalue weighted by Gasteiger charge is 2.26. The Hall–Kier alpha value is -2.48. The quantitative estimate of drug-likeness (QED) is 0.102. The summed E-state index contributed by atoms with van der Waals surface area (Å²) in [4.78, 5) is 24.0. The molecule has 43 heavy (non-hydrogen) atoms. The van der Waals surface area contributed by atoms with Crippen LogP contribution < -0.4 is 10.6 Å². The predicted octanol–water partition coefficient (Wildman–Crippen LogP) is 7.18. The van der Waals surface area contributed by atoms with Crippen molar-refractivity contribution in [2.75, 3.05) is 31.7 Å². The zero-order chi connectivity index (χ0) is 31.8. The van der Waals surface area contributed by atoms with E-state index >= 15 is 0 Å². The van der Waals surface area contributed by atoms with Crippen molar-refractivity contribution in [1.82, 2.24) is 5.32 Å². The van der Waals surface area contributed by atoms with E-state index in [9.17, 15) is 9.59 Å². The molecule has 2 aliphatic rings. The smallest absolute Gasteiger partial charge is 0.323 e. The third kappa shape index (κ3) is 13.4. The Labute approximate surface area is 261 Å². The van der Waals surface area contributed by atoms with Gasteiger partial charge in [0, 0.05) is 31.9 Å². The first-order valence-corrected chi connectivity index (χ1v) is 16.3. The van der Waals surface area contributed by atoms with Crippen LogP contribution in [0.4, 0.5) is 5.69 Å². The van der Waals surface area contributed by atoms with Crippen molar-refractivity contribution in [2.24, 2.45) is 17.8 Å². The molecular formula is C36H58N2O5. The van der Waals surface area contributed by atoms with E-state index in [-0.39, 0.29) is 24.2 Å². The van der Waals surface area contributed by atoms with Crippen LogP contribution in [0.15, 0.2) is 41.5 Å². The first kappa shape index (κ1) is 36.7. The zero-order valence-electron chi connectivity index (χ0n) is 28.0. The molecule has 0 radical (unpaired) electrons. The van der Waals surface area contributed by atoms with Gasteiger partial charge in [-0.2, -0.15) is 0 Å². The van der Waals surface area contributed by atoms with Crippen molar-refractivity contribution in [2.45, 2.75) is 112 Å². The van der Waals surface area contributed by atoms with Crippen LogP contribution in [0.2, 0.25) is 0 Å². The molecule has 0 aliphatic carbocycles. The summed E-state index contributed by atoms with van der Waals surface area (Å²) >= 11 is 0. The average molecular weight is 599 g/mol. The highest BCUT2D eigenvalue weighted by molar-refractivity contribution is 5.76. The van der Waals surface area contributed by atoms with Crippen molar-refractivity contribution < 1.29 is 23.8 Å². The number of anilines is 1. The lowest BCUT2D eigenvalue weighted by Gasteiger charge is -2.27. The molecule has 0 amide bonds. The van der Waals surface area contributed by atoms with Gasteiger partial charge in [-0.3, -0.25) is 9.59 Å². The molecule has 3 atom stereocenters. The van der Waals surface area contributed by atoms with Gasteiger partial charge in [-0.15, -0.1) is 0 Å². The number of aldehydes is 1. The molecule has 7 heteroatoms. The monoisotopic (exact) mass is 598 g/mol. The normalized spacial score (nSPS) is 19.5.